The van der Waals surface area contributed by atoms with Crippen LogP contribution in [0, 0.1) is 5.92 Å². The predicted octanol–water partition coefficient (Wildman–Crippen LogP) is 7.13. The minimum Gasteiger partial charge on any atom is -0.454 e. The lowest BCUT2D eigenvalue weighted by Crippen LogP contribution is -2.26. The summed E-state index contributed by atoms with van der Waals surface area (Å²) in [4.78, 5) is 12.1. The molecule has 0 spiro atoms. The second kappa shape index (κ2) is 10.4. The lowest BCUT2D eigenvalue weighted by molar-refractivity contribution is -0.164. The molecule has 0 bridgehead atoms. The van der Waals surface area contributed by atoms with Crippen molar-refractivity contribution >= 4 is 5.97 Å². The molecule has 2 rings (SSSR count). The second-order valence-electron chi connectivity index (χ2n) is 7.58. The van der Waals surface area contributed by atoms with Crippen molar-refractivity contribution in [1.82, 2.24) is 0 Å². The molecule has 0 heterocycles. The molecule has 0 aliphatic heterocycles. The van der Waals surface area contributed by atoms with E-state index in [0.29, 0.717) is 0 Å². The van der Waals surface area contributed by atoms with Crippen LogP contribution in [-0.2, 0) is 26.6 Å². The molecule has 0 saturated heterocycles. The Balaban J connectivity index is 2.75. The molecule has 3 nitrogen and oxygen atoms in total. The van der Waals surface area contributed by atoms with Crippen molar-refractivity contribution in [3.8, 4) is 0 Å². The summed E-state index contributed by atoms with van der Waals surface area (Å²) >= 11 is 0. The van der Waals surface area contributed by atoms with Gasteiger partial charge in [-0.05, 0) is 23.6 Å². The van der Waals surface area contributed by atoms with Crippen molar-refractivity contribution in [1.29, 1.82) is 0 Å². The number of esters is 1. The van der Waals surface area contributed by atoms with Crippen LogP contribution in [0.3, 0.4) is 0 Å². The van der Waals surface area contributed by atoms with E-state index >= 15 is 0 Å². The Labute approximate surface area is 182 Å². The zero-order chi connectivity index (χ0) is 24.1. The molecule has 0 unspecified atom stereocenters. The third kappa shape index (κ3) is 6.48. The summed E-state index contributed by atoms with van der Waals surface area (Å²) in [6.45, 7) is 4.85. The van der Waals surface area contributed by atoms with E-state index in [9.17, 15) is 31.1 Å². The first-order valence-electron chi connectivity index (χ1n) is 9.99. The largest absolute Gasteiger partial charge is 0.454 e. The van der Waals surface area contributed by atoms with Gasteiger partial charge in [0.2, 0.25) is 0 Å². The molecule has 9 heteroatoms. The first-order valence-corrected chi connectivity index (χ1v) is 9.99. The fourth-order valence-electron chi connectivity index (χ4n) is 3.16. The fraction of sp³-hybridized carbons (Fsp3) is 0.435. The van der Waals surface area contributed by atoms with Gasteiger partial charge in [-0.3, -0.25) is 4.79 Å². The van der Waals surface area contributed by atoms with Crippen LogP contribution in [-0.4, -0.2) is 12.6 Å². The minimum atomic E-state index is -4.82. The summed E-state index contributed by atoms with van der Waals surface area (Å²) in [5.74, 6) is -1.01. The van der Waals surface area contributed by atoms with Crippen LogP contribution < -0.4 is 0 Å². The molecule has 2 atom stereocenters. The zero-order valence-corrected chi connectivity index (χ0v) is 17.8. The SMILES string of the molecule is CCC(=O)O[C@H](c1ccccc1C(F)(F)F)[C@@H](OCC(C)C)c1ccccc1C(F)(F)F. The first kappa shape index (κ1) is 25.7. The van der Waals surface area contributed by atoms with Crippen LogP contribution in [0.5, 0.6) is 0 Å². The number of hydrogen-bond donors (Lipinski definition) is 0. The van der Waals surface area contributed by atoms with Gasteiger partial charge >= 0.3 is 18.3 Å². The van der Waals surface area contributed by atoms with Crippen molar-refractivity contribution in [3.05, 3.63) is 70.8 Å². The summed E-state index contributed by atoms with van der Waals surface area (Å²) in [5, 5.41) is 0. The highest BCUT2D eigenvalue weighted by Gasteiger charge is 2.42. The Morgan fingerprint density at radius 2 is 1.25 bits per heavy atom. The van der Waals surface area contributed by atoms with Crippen molar-refractivity contribution in [2.75, 3.05) is 6.61 Å². The molecule has 0 aromatic heterocycles. The van der Waals surface area contributed by atoms with E-state index in [1.54, 1.807) is 13.8 Å². The predicted molar refractivity (Wildman–Crippen MR) is 106 cm³/mol. The number of carbonyl (C=O) groups excluding carboxylic acids is 1. The molecular weight excluding hydrogens is 438 g/mol. The Kier molecular flexibility index (Phi) is 8.34. The molecule has 0 saturated carbocycles. The summed E-state index contributed by atoms with van der Waals surface area (Å²) in [6.07, 6.45) is -13.2. The number of ether oxygens (including phenoxy) is 2. The average Bonchev–Trinajstić information content (AvgIpc) is 2.71. The number of benzene rings is 2. The van der Waals surface area contributed by atoms with E-state index < -0.39 is 52.8 Å². The molecule has 0 aliphatic rings. The smallest absolute Gasteiger partial charge is 0.416 e. The second-order valence-corrected chi connectivity index (χ2v) is 7.58. The van der Waals surface area contributed by atoms with Crippen LogP contribution in [0.2, 0.25) is 0 Å². The molecule has 2 aromatic carbocycles. The molecular formula is C23H24F6O3. The van der Waals surface area contributed by atoms with Gasteiger partial charge in [-0.15, -0.1) is 0 Å². The van der Waals surface area contributed by atoms with Crippen LogP contribution in [0.15, 0.2) is 48.5 Å². The highest BCUT2D eigenvalue weighted by molar-refractivity contribution is 5.69. The van der Waals surface area contributed by atoms with Gasteiger partial charge in [-0.1, -0.05) is 57.2 Å². The zero-order valence-electron chi connectivity index (χ0n) is 17.8. The van der Waals surface area contributed by atoms with Gasteiger partial charge in [0.05, 0.1) is 11.1 Å². The van der Waals surface area contributed by atoms with Gasteiger partial charge in [0.25, 0.3) is 0 Å². The number of hydrogen-bond acceptors (Lipinski definition) is 3. The van der Waals surface area contributed by atoms with Crippen LogP contribution in [0.4, 0.5) is 26.3 Å². The van der Waals surface area contributed by atoms with E-state index in [1.165, 1.54) is 25.1 Å². The molecule has 176 valence electrons. The summed E-state index contributed by atoms with van der Waals surface area (Å²) in [6, 6.07) is 8.75. The van der Waals surface area contributed by atoms with Gasteiger partial charge < -0.3 is 9.47 Å². The highest BCUT2D eigenvalue weighted by atomic mass is 19.4. The van der Waals surface area contributed by atoms with Gasteiger partial charge in [-0.25, -0.2) is 0 Å². The third-order valence-corrected chi connectivity index (χ3v) is 4.58. The number of halogens is 6. The first-order chi connectivity index (χ1) is 14.9. The standard InChI is InChI=1S/C23H24F6O3/c1-4-19(30)32-21(16-10-6-8-12-18(16)23(27,28)29)20(31-13-14(2)3)15-9-5-7-11-17(15)22(24,25)26/h5-12,14,20-21H,4,13H2,1-3H3/t20-,21+/m0/s1. The molecule has 32 heavy (non-hydrogen) atoms. The molecule has 0 aliphatic carbocycles. The Morgan fingerprint density at radius 1 is 0.812 bits per heavy atom. The van der Waals surface area contributed by atoms with Crippen LogP contribution >= 0.6 is 0 Å². The molecule has 0 fully saturated rings. The van der Waals surface area contributed by atoms with Gasteiger partial charge in [0.15, 0.2) is 6.10 Å². The molecule has 2 aromatic rings. The Hall–Kier alpha value is -2.55. The van der Waals surface area contributed by atoms with E-state index in [0.717, 1.165) is 30.3 Å². The van der Waals surface area contributed by atoms with Gasteiger partial charge in [0, 0.05) is 18.6 Å². The lowest BCUT2D eigenvalue weighted by atomic mass is 9.91. The monoisotopic (exact) mass is 462 g/mol. The third-order valence-electron chi connectivity index (χ3n) is 4.58. The average molecular weight is 462 g/mol. The van der Waals surface area contributed by atoms with E-state index in [2.05, 4.69) is 0 Å². The van der Waals surface area contributed by atoms with Gasteiger partial charge in [0.1, 0.15) is 6.10 Å². The van der Waals surface area contributed by atoms with Crippen LogP contribution in [0.1, 0.15) is 61.7 Å². The van der Waals surface area contributed by atoms with Gasteiger partial charge in [-0.2, -0.15) is 26.3 Å². The van der Waals surface area contributed by atoms with E-state index in [-0.39, 0.29) is 18.9 Å². The fourth-order valence-corrected chi connectivity index (χ4v) is 3.16. The maximum Gasteiger partial charge on any atom is 0.416 e. The highest BCUT2D eigenvalue weighted by Crippen LogP contribution is 2.45. The van der Waals surface area contributed by atoms with Crippen molar-refractivity contribution in [2.24, 2.45) is 5.92 Å². The molecule has 0 N–H and O–H groups in total. The summed E-state index contributed by atoms with van der Waals surface area (Å²) < 4.78 is 93.3. The molecule has 0 radical (unpaired) electrons. The van der Waals surface area contributed by atoms with Crippen molar-refractivity contribution < 1.29 is 40.6 Å². The Morgan fingerprint density at radius 3 is 1.66 bits per heavy atom. The molecule has 0 amide bonds. The number of alkyl halides is 6. The maximum atomic E-state index is 13.7. The Bertz CT molecular complexity index is 905. The van der Waals surface area contributed by atoms with Crippen molar-refractivity contribution in [3.63, 3.8) is 0 Å². The van der Waals surface area contributed by atoms with E-state index in [1.807, 2.05) is 0 Å². The van der Waals surface area contributed by atoms with Crippen molar-refractivity contribution in [2.45, 2.75) is 51.8 Å². The number of rotatable bonds is 8. The normalized spacial score (nSPS) is 14.3. The summed E-state index contributed by atoms with van der Waals surface area (Å²) in [7, 11) is 0. The number of carbonyl (C=O) groups is 1. The topological polar surface area (TPSA) is 35.5 Å². The maximum absolute atomic E-state index is 13.7. The summed E-state index contributed by atoms with van der Waals surface area (Å²) in [5.41, 5.74) is -3.08. The van der Waals surface area contributed by atoms with Crippen LogP contribution in [0.25, 0.3) is 0 Å². The van der Waals surface area contributed by atoms with E-state index in [4.69, 9.17) is 9.47 Å². The minimum absolute atomic E-state index is 0.0643. The quantitative estimate of drug-likeness (QED) is 0.309. The lowest BCUT2D eigenvalue weighted by Gasteiger charge is -2.31.